The van der Waals surface area contributed by atoms with Crippen LogP contribution in [0.1, 0.15) is 43.2 Å². The highest BCUT2D eigenvalue weighted by Gasteiger charge is 2.66. The number of imide groups is 1. The summed E-state index contributed by atoms with van der Waals surface area (Å²) in [6, 6.07) is 15.7. The van der Waals surface area contributed by atoms with Gasteiger partial charge in [0.25, 0.3) is 5.91 Å². The van der Waals surface area contributed by atoms with Crippen LogP contribution in [-0.4, -0.2) is 23.5 Å². The van der Waals surface area contributed by atoms with Crippen LogP contribution in [0, 0.1) is 19.8 Å². The molecule has 1 aliphatic carbocycles. The lowest BCUT2D eigenvalue weighted by Crippen LogP contribution is -2.53. The average Bonchev–Trinajstić information content (AvgIpc) is 3.17. The number of anilines is 2. The summed E-state index contributed by atoms with van der Waals surface area (Å²) in [5.41, 5.74) is 3.37. The highest BCUT2D eigenvalue weighted by molar-refractivity contribution is 6.24. The lowest BCUT2D eigenvalue weighted by molar-refractivity contribution is -0.126. The maximum Gasteiger partial charge on any atom is 0.266 e. The molecule has 1 spiro atoms. The van der Waals surface area contributed by atoms with Gasteiger partial charge in [-0.15, -0.1) is 0 Å². The van der Waals surface area contributed by atoms with E-state index in [1.54, 1.807) is 0 Å². The van der Waals surface area contributed by atoms with E-state index >= 15 is 0 Å². The van der Waals surface area contributed by atoms with Gasteiger partial charge in [0.15, 0.2) is 6.10 Å². The fraction of sp³-hybridized carbons (Fsp3) is 0.417. The Morgan fingerprint density at radius 1 is 0.793 bits per heavy atom. The zero-order valence-corrected chi connectivity index (χ0v) is 16.9. The van der Waals surface area contributed by atoms with Crippen LogP contribution in [0.15, 0.2) is 48.5 Å². The van der Waals surface area contributed by atoms with Crippen LogP contribution in [0.4, 0.5) is 11.4 Å². The van der Waals surface area contributed by atoms with Gasteiger partial charge in [0, 0.05) is 0 Å². The first kappa shape index (κ1) is 18.4. The maximum absolute atomic E-state index is 13.6. The van der Waals surface area contributed by atoms with Gasteiger partial charge < -0.3 is 0 Å². The zero-order chi connectivity index (χ0) is 20.2. The molecule has 0 radical (unpaired) electrons. The lowest BCUT2D eigenvalue weighted by Gasteiger charge is -2.43. The number of rotatable bonds is 2. The van der Waals surface area contributed by atoms with E-state index < -0.39 is 17.6 Å². The predicted molar refractivity (Wildman–Crippen MR) is 112 cm³/mol. The molecule has 2 atom stereocenters. The number of amides is 2. The van der Waals surface area contributed by atoms with Gasteiger partial charge >= 0.3 is 0 Å². The summed E-state index contributed by atoms with van der Waals surface area (Å²) in [7, 11) is 0. The van der Waals surface area contributed by atoms with E-state index in [1.165, 1.54) is 10.5 Å². The number of fused-ring (bicyclic) bond motifs is 2. The van der Waals surface area contributed by atoms with Crippen molar-refractivity contribution >= 4 is 23.2 Å². The van der Waals surface area contributed by atoms with Crippen molar-refractivity contribution in [3.8, 4) is 0 Å². The smallest absolute Gasteiger partial charge is 0.266 e. The van der Waals surface area contributed by atoms with E-state index in [1.807, 2.05) is 67.4 Å². The van der Waals surface area contributed by atoms with Gasteiger partial charge in [0.1, 0.15) is 5.92 Å². The third-order valence-corrected chi connectivity index (χ3v) is 6.74. The van der Waals surface area contributed by atoms with Gasteiger partial charge in [0.05, 0.1) is 16.9 Å². The highest BCUT2D eigenvalue weighted by Crippen LogP contribution is 2.52. The molecule has 2 heterocycles. The van der Waals surface area contributed by atoms with Gasteiger partial charge in [-0.2, -0.15) is 0 Å². The first-order chi connectivity index (χ1) is 14.0. The average molecular weight is 390 g/mol. The Hall–Kier alpha value is -2.66. The van der Waals surface area contributed by atoms with Crippen LogP contribution in [0.3, 0.4) is 0 Å². The van der Waals surface area contributed by atoms with Crippen LogP contribution in [0.25, 0.3) is 0 Å². The first-order valence-electron chi connectivity index (χ1n) is 10.5. The Bertz CT molecular complexity index is 945. The third kappa shape index (κ3) is 2.71. The molecule has 0 bridgehead atoms. The Balaban J connectivity index is 1.56. The molecular formula is C24H26N2O3. The van der Waals surface area contributed by atoms with Crippen LogP contribution >= 0.6 is 0 Å². The highest BCUT2D eigenvalue weighted by atomic mass is 16.7. The Morgan fingerprint density at radius 3 is 1.93 bits per heavy atom. The van der Waals surface area contributed by atoms with Gasteiger partial charge in [-0.05, 0) is 51.0 Å². The number of hydrogen-bond donors (Lipinski definition) is 0. The van der Waals surface area contributed by atoms with Crippen LogP contribution < -0.4 is 9.96 Å². The van der Waals surface area contributed by atoms with Crippen molar-refractivity contribution in [2.75, 3.05) is 9.96 Å². The molecule has 5 heteroatoms. The van der Waals surface area contributed by atoms with Gasteiger partial charge in [-0.3, -0.25) is 14.4 Å². The fourth-order valence-corrected chi connectivity index (χ4v) is 5.23. The fourth-order valence-electron chi connectivity index (χ4n) is 5.23. The minimum absolute atomic E-state index is 0.125. The molecule has 0 aromatic heterocycles. The molecule has 1 saturated carbocycles. The molecule has 2 aromatic carbocycles. The van der Waals surface area contributed by atoms with E-state index in [9.17, 15) is 9.59 Å². The summed E-state index contributed by atoms with van der Waals surface area (Å²) in [5.74, 6) is -0.832. The summed E-state index contributed by atoms with van der Waals surface area (Å²) in [5, 5.41) is 1.91. The summed E-state index contributed by atoms with van der Waals surface area (Å²) < 4.78 is 0. The maximum atomic E-state index is 13.6. The third-order valence-electron chi connectivity index (χ3n) is 6.74. The molecule has 3 aliphatic rings. The SMILES string of the molecule is Cc1ccc(N2C(=O)[C@H]3ON(c4ccc(C)cc4)C4(CCCCC4)[C@H]3C2=O)cc1. The van der Waals surface area contributed by atoms with E-state index in [4.69, 9.17) is 4.84 Å². The number of hydrogen-bond acceptors (Lipinski definition) is 4. The Kier molecular flexibility index (Phi) is 4.24. The molecule has 2 amide bonds. The zero-order valence-electron chi connectivity index (χ0n) is 16.9. The standard InChI is InChI=1S/C24H26N2O3/c1-16-6-10-18(11-7-16)25-22(27)20-21(23(25)28)29-26(19-12-8-17(2)9-13-19)24(20)14-4-3-5-15-24/h6-13,20-21H,3-5,14-15H2,1-2H3/t20-,21+/m1/s1. The minimum atomic E-state index is -0.747. The minimum Gasteiger partial charge on any atom is -0.273 e. The van der Waals surface area contributed by atoms with Crippen molar-refractivity contribution in [1.82, 2.24) is 0 Å². The van der Waals surface area contributed by atoms with Crippen molar-refractivity contribution < 1.29 is 14.4 Å². The molecule has 2 aromatic rings. The molecule has 0 unspecified atom stereocenters. The topological polar surface area (TPSA) is 49.9 Å². The lowest BCUT2D eigenvalue weighted by atomic mass is 9.71. The van der Waals surface area contributed by atoms with Gasteiger partial charge in [-0.1, -0.05) is 54.7 Å². The number of carbonyl (C=O) groups is 2. The van der Waals surface area contributed by atoms with Crippen molar-refractivity contribution in [2.45, 2.75) is 57.6 Å². The second-order valence-electron chi connectivity index (χ2n) is 8.65. The quantitative estimate of drug-likeness (QED) is 0.717. The van der Waals surface area contributed by atoms with Crippen molar-refractivity contribution in [3.63, 3.8) is 0 Å². The van der Waals surface area contributed by atoms with E-state index in [0.717, 1.165) is 43.4 Å². The monoisotopic (exact) mass is 390 g/mol. The molecule has 5 rings (SSSR count). The Labute approximate surface area is 171 Å². The van der Waals surface area contributed by atoms with Crippen LogP contribution in [0.5, 0.6) is 0 Å². The second kappa shape index (κ2) is 6.70. The molecule has 5 nitrogen and oxygen atoms in total. The number of nitrogens with zero attached hydrogens (tertiary/aromatic N) is 2. The molecule has 29 heavy (non-hydrogen) atoms. The normalized spacial score (nSPS) is 25.7. The van der Waals surface area contributed by atoms with Crippen molar-refractivity contribution in [1.29, 1.82) is 0 Å². The number of aryl methyl sites for hydroxylation is 2. The summed E-state index contributed by atoms with van der Waals surface area (Å²) in [4.78, 5) is 34.5. The molecule has 3 fully saturated rings. The van der Waals surface area contributed by atoms with Crippen molar-refractivity contribution in [2.24, 2.45) is 5.92 Å². The van der Waals surface area contributed by atoms with E-state index in [2.05, 4.69) is 0 Å². The van der Waals surface area contributed by atoms with E-state index in [0.29, 0.717) is 5.69 Å². The van der Waals surface area contributed by atoms with Gasteiger partial charge in [0.2, 0.25) is 5.91 Å². The molecule has 2 aliphatic heterocycles. The van der Waals surface area contributed by atoms with E-state index in [-0.39, 0.29) is 11.8 Å². The molecule has 0 N–H and O–H groups in total. The summed E-state index contributed by atoms with van der Waals surface area (Å²) in [6.07, 6.45) is 4.22. The predicted octanol–water partition coefficient (Wildman–Crippen LogP) is 4.32. The van der Waals surface area contributed by atoms with Crippen LogP contribution in [0.2, 0.25) is 0 Å². The number of hydroxylamine groups is 1. The van der Waals surface area contributed by atoms with Gasteiger partial charge in [-0.25, -0.2) is 9.96 Å². The second-order valence-corrected chi connectivity index (χ2v) is 8.65. The number of benzene rings is 2. The Morgan fingerprint density at radius 2 is 1.34 bits per heavy atom. The first-order valence-corrected chi connectivity index (χ1v) is 10.5. The summed E-state index contributed by atoms with van der Waals surface area (Å²) >= 11 is 0. The molecule has 2 saturated heterocycles. The number of carbonyl (C=O) groups excluding carboxylic acids is 2. The van der Waals surface area contributed by atoms with Crippen molar-refractivity contribution in [3.05, 3.63) is 59.7 Å². The molecular weight excluding hydrogens is 364 g/mol. The largest absolute Gasteiger partial charge is 0.273 e. The summed E-state index contributed by atoms with van der Waals surface area (Å²) in [6.45, 7) is 4.04. The molecule has 150 valence electrons. The van der Waals surface area contributed by atoms with Crippen LogP contribution in [-0.2, 0) is 14.4 Å².